The minimum Gasteiger partial charge on any atom is -0.314 e. The first-order chi connectivity index (χ1) is 10.3. The lowest BCUT2D eigenvalue weighted by Gasteiger charge is -2.18. The standard InChI is InChI=1S/C16H24N4O/c1-3-19(4-2)11-9-17-10-12-20-15-8-6-5-7-14(15)18-13-16(20)21/h5-8,13,17H,3-4,9-12H2,1-2H3. The molecule has 0 saturated heterocycles. The van der Waals surface area contributed by atoms with Gasteiger partial charge in [-0.15, -0.1) is 0 Å². The predicted octanol–water partition coefficient (Wildman–Crippen LogP) is 1.33. The molecule has 0 bridgehead atoms. The number of hydrogen-bond donors (Lipinski definition) is 1. The molecule has 0 saturated carbocycles. The third kappa shape index (κ3) is 4.12. The Labute approximate surface area is 125 Å². The zero-order chi connectivity index (χ0) is 15.1. The average molecular weight is 288 g/mol. The molecule has 1 aromatic carbocycles. The minimum absolute atomic E-state index is 0.0424. The van der Waals surface area contributed by atoms with Crippen LogP contribution in [-0.4, -0.2) is 47.2 Å². The first-order valence-corrected chi connectivity index (χ1v) is 7.64. The first kappa shape index (κ1) is 15.7. The summed E-state index contributed by atoms with van der Waals surface area (Å²) in [6.45, 7) is 9.94. The first-order valence-electron chi connectivity index (χ1n) is 7.64. The van der Waals surface area contributed by atoms with E-state index in [1.807, 2.05) is 24.3 Å². The Kier molecular flexibility index (Phi) is 5.90. The summed E-state index contributed by atoms with van der Waals surface area (Å²) >= 11 is 0. The van der Waals surface area contributed by atoms with Crippen LogP contribution in [0.15, 0.2) is 35.3 Å². The lowest BCUT2D eigenvalue weighted by molar-refractivity contribution is 0.302. The average Bonchev–Trinajstić information content (AvgIpc) is 2.52. The maximum Gasteiger partial charge on any atom is 0.269 e. The van der Waals surface area contributed by atoms with Crippen LogP contribution in [0.5, 0.6) is 0 Å². The number of nitrogens with zero attached hydrogens (tertiary/aromatic N) is 3. The monoisotopic (exact) mass is 288 g/mol. The maximum atomic E-state index is 12.0. The number of nitrogens with one attached hydrogen (secondary N) is 1. The molecule has 0 aliphatic rings. The van der Waals surface area contributed by atoms with Gasteiger partial charge in [-0.05, 0) is 25.2 Å². The van der Waals surface area contributed by atoms with Crippen molar-refractivity contribution in [2.45, 2.75) is 20.4 Å². The molecule has 0 fully saturated rings. The van der Waals surface area contributed by atoms with Crippen LogP contribution in [-0.2, 0) is 6.54 Å². The van der Waals surface area contributed by atoms with E-state index in [0.29, 0.717) is 6.54 Å². The van der Waals surface area contributed by atoms with Crippen molar-refractivity contribution in [3.63, 3.8) is 0 Å². The maximum absolute atomic E-state index is 12.0. The summed E-state index contributed by atoms with van der Waals surface area (Å²) in [4.78, 5) is 18.5. The molecule has 2 rings (SSSR count). The van der Waals surface area contributed by atoms with Gasteiger partial charge in [0.2, 0.25) is 0 Å². The van der Waals surface area contributed by atoms with E-state index < -0.39 is 0 Å². The molecule has 1 heterocycles. The highest BCUT2D eigenvalue weighted by molar-refractivity contribution is 5.74. The molecule has 0 aliphatic heterocycles. The molecule has 0 amide bonds. The summed E-state index contributed by atoms with van der Waals surface area (Å²) in [6, 6.07) is 7.75. The van der Waals surface area contributed by atoms with Gasteiger partial charge in [-0.25, -0.2) is 4.98 Å². The highest BCUT2D eigenvalue weighted by Crippen LogP contribution is 2.07. The Morgan fingerprint density at radius 3 is 2.71 bits per heavy atom. The molecule has 0 atom stereocenters. The van der Waals surface area contributed by atoms with E-state index in [-0.39, 0.29) is 5.56 Å². The molecule has 0 unspecified atom stereocenters. The number of rotatable bonds is 8. The lowest BCUT2D eigenvalue weighted by atomic mass is 10.3. The van der Waals surface area contributed by atoms with Crippen LogP contribution < -0.4 is 10.9 Å². The molecule has 5 heteroatoms. The van der Waals surface area contributed by atoms with E-state index in [0.717, 1.165) is 43.8 Å². The van der Waals surface area contributed by atoms with Crippen molar-refractivity contribution in [1.29, 1.82) is 0 Å². The fraction of sp³-hybridized carbons (Fsp3) is 0.500. The molecule has 5 nitrogen and oxygen atoms in total. The molecule has 21 heavy (non-hydrogen) atoms. The Bertz CT molecular complexity index is 619. The van der Waals surface area contributed by atoms with Crippen LogP contribution in [0.2, 0.25) is 0 Å². The van der Waals surface area contributed by atoms with Gasteiger partial charge >= 0.3 is 0 Å². The minimum atomic E-state index is -0.0424. The van der Waals surface area contributed by atoms with Crippen molar-refractivity contribution in [1.82, 2.24) is 19.8 Å². The third-order valence-corrected chi connectivity index (χ3v) is 3.76. The van der Waals surface area contributed by atoms with E-state index in [2.05, 4.69) is 29.0 Å². The topological polar surface area (TPSA) is 50.2 Å². The van der Waals surface area contributed by atoms with Crippen molar-refractivity contribution in [2.75, 3.05) is 32.7 Å². The van der Waals surface area contributed by atoms with Crippen molar-refractivity contribution in [2.24, 2.45) is 0 Å². The summed E-state index contributed by atoms with van der Waals surface area (Å²) < 4.78 is 1.78. The highest BCUT2D eigenvalue weighted by atomic mass is 16.1. The Morgan fingerprint density at radius 1 is 1.19 bits per heavy atom. The number of likely N-dealkylation sites (N-methyl/N-ethyl adjacent to an activating group) is 1. The van der Waals surface area contributed by atoms with Gasteiger partial charge in [0.15, 0.2) is 0 Å². The van der Waals surface area contributed by atoms with Crippen LogP contribution in [0.25, 0.3) is 11.0 Å². The van der Waals surface area contributed by atoms with Crippen molar-refractivity contribution < 1.29 is 0 Å². The fourth-order valence-electron chi connectivity index (χ4n) is 2.44. The zero-order valence-electron chi connectivity index (χ0n) is 12.9. The summed E-state index contributed by atoms with van der Waals surface area (Å²) in [5, 5.41) is 3.40. The molecule has 114 valence electrons. The lowest BCUT2D eigenvalue weighted by Crippen LogP contribution is -2.34. The van der Waals surface area contributed by atoms with E-state index >= 15 is 0 Å². The van der Waals surface area contributed by atoms with Gasteiger partial charge in [-0.3, -0.25) is 4.79 Å². The smallest absolute Gasteiger partial charge is 0.269 e. The molecule has 0 aliphatic carbocycles. The van der Waals surface area contributed by atoms with Gasteiger partial charge in [-0.2, -0.15) is 0 Å². The molecule has 1 N–H and O–H groups in total. The second-order valence-corrected chi connectivity index (χ2v) is 5.01. The van der Waals surface area contributed by atoms with Crippen LogP contribution in [0.1, 0.15) is 13.8 Å². The number of para-hydroxylation sites is 2. The zero-order valence-corrected chi connectivity index (χ0v) is 12.9. The molecule has 1 aromatic heterocycles. The summed E-state index contributed by atoms with van der Waals surface area (Å²) in [5.41, 5.74) is 1.72. The van der Waals surface area contributed by atoms with Gasteiger partial charge in [-0.1, -0.05) is 26.0 Å². The number of fused-ring (bicyclic) bond motifs is 1. The molecule has 0 radical (unpaired) electrons. The predicted molar refractivity (Wildman–Crippen MR) is 86.7 cm³/mol. The summed E-state index contributed by atoms with van der Waals surface area (Å²) in [5.74, 6) is 0. The largest absolute Gasteiger partial charge is 0.314 e. The molecule has 2 aromatic rings. The Balaban J connectivity index is 1.92. The summed E-state index contributed by atoms with van der Waals surface area (Å²) in [6.07, 6.45) is 1.40. The van der Waals surface area contributed by atoms with Crippen LogP contribution >= 0.6 is 0 Å². The van der Waals surface area contributed by atoms with Crippen LogP contribution in [0, 0.1) is 0 Å². The third-order valence-electron chi connectivity index (χ3n) is 3.76. The van der Waals surface area contributed by atoms with E-state index in [1.54, 1.807) is 4.57 Å². The van der Waals surface area contributed by atoms with Gasteiger partial charge < -0.3 is 14.8 Å². The second-order valence-electron chi connectivity index (χ2n) is 5.01. The quantitative estimate of drug-likeness (QED) is 0.745. The molecular weight excluding hydrogens is 264 g/mol. The van der Waals surface area contributed by atoms with E-state index in [1.165, 1.54) is 6.20 Å². The van der Waals surface area contributed by atoms with Crippen molar-refractivity contribution >= 4 is 11.0 Å². The van der Waals surface area contributed by atoms with Gasteiger partial charge in [0, 0.05) is 26.2 Å². The summed E-state index contributed by atoms with van der Waals surface area (Å²) in [7, 11) is 0. The van der Waals surface area contributed by atoms with Gasteiger partial charge in [0.1, 0.15) is 0 Å². The van der Waals surface area contributed by atoms with Gasteiger partial charge in [0.05, 0.1) is 17.2 Å². The van der Waals surface area contributed by atoms with Gasteiger partial charge in [0.25, 0.3) is 5.56 Å². The number of hydrogen-bond acceptors (Lipinski definition) is 4. The molecular formula is C16H24N4O. The van der Waals surface area contributed by atoms with Crippen LogP contribution in [0.3, 0.4) is 0 Å². The number of benzene rings is 1. The van der Waals surface area contributed by atoms with E-state index in [4.69, 9.17) is 0 Å². The SMILES string of the molecule is CCN(CC)CCNCCn1c(=O)cnc2ccccc21. The number of aromatic nitrogens is 2. The Morgan fingerprint density at radius 2 is 1.95 bits per heavy atom. The van der Waals surface area contributed by atoms with Crippen molar-refractivity contribution in [3.8, 4) is 0 Å². The van der Waals surface area contributed by atoms with E-state index in [9.17, 15) is 4.79 Å². The molecule has 0 spiro atoms. The Hall–Kier alpha value is -1.72. The second kappa shape index (κ2) is 7.90. The normalized spacial score (nSPS) is 11.4. The van der Waals surface area contributed by atoms with Crippen LogP contribution in [0.4, 0.5) is 0 Å². The fourth-order valence-corrected chi connectivity index (χ4v) is 2.44. The van der Waals surface area contributed by atoms with Crippen molar-refractivity contribution in [3.05, 3.63) is 40.8 Å². The highest BCUT2D eigenvalue weighted by Gasteiger charge is 2.03.